The van der Waals surface area contributed by atoms with Crippen molar-refractivity contribution in [2.75, 3.05) is 0 Å². The Labute approximate surface area is 301 Å². The van der Waals surface area contributed by atoms with E-state index in [4.69, 9.17) is 0 Å². The van der Waals surface area contributed by atoms with Crippen LogP contribution in [0, 0.1) is 35.1 Å². The largest absolute Gasteiger partial charge is 0.860 e. The van der Waals surface area contributed by atoms with Gasteiger partial charge in [-0.05, 0) is 146 Å². The molecule has 0 aliphatic heterocycles. The Bertz CT molecular complexity index is 1770. The first kappa shape index (κ1) is 37.1. The van der Waals surface area contributed by atoms with E-state index in [-0.39, 0.29) is 6.07 Å². The van der Waals surface area contributed by atoms with Crippen molar-refractivity contribution in [1.82, 2.24) is 0 Å². The van der Waals surface area contributed by atoms with Crippen LogP contribution in [-0.2, 0) is 0 Å². The summed E-state index contributed by atoms with van der Waals surface area (Å²) >= 11 is 0. The van der Waals surface area contributed by atoms with Crippen LogP contribution in [0.5, 0.6) is 5.75 Å². The Morgan fingerprint density at radius 2 is 0.615 bits per heavy atom. The lowest BCUT2D eigenvalue weighted by Crippen LogP contribution is -2.50. The second-order valence-corrected chi connectivity index (χ2v) is 11.2. The molecule has 52 heavy (non-hydrogen) atoms. The molecule has 0 bridgehead atoms. The Morgan fingerprint density at radius 3 is 0.846 bits per heavy atom. The molecule has 0 aromatic heterocycles. The summed E-state index contributed by atoms with van der Waals surface area (Å²) in [6.07, 6.45) is 0. The fourth-order valence-corrected chi connectivity index (χ4v) is 5.37. The van der Waals surface area contributed by atoms with Gasteiger partial charge in [-0.1, -0.05) is 36.4 Å². The van der Waals surface area contributed by atoms with Crippen LogP contribution in [0.2, 0.25) is 0 Å². The highest BCUT2D eigenvalue weighted by Crippen LogP contribution is 2.31. The van der Waals surface area contributed by atoms with Gasteiger partial charge in [-0.15, -0.1) is 0 Å². The molecule has 0 unspecified atom stereocenters. The van der Waals surface area contributed by atoms with Crippen molar-refractivity contribution in [2.24, 2.45) is 0 Å². The molecule has 0 fully saturated rings. The molecule has 0 N–H and O–H groups in total. The van der Waals surface area contributed by atoms with Gasteiger partial charge in [0.25, 0.3) is 0 Å². The van der Waals surface area contributed by atoms with E-state index < -0.39 is 36.3 Å². The van der Waals surface area contributed by atoms with E-state index in [2.05, 4.69) is 187 Å². The fraction of sp³-hybridized carbons (Fsp3) is 0. The molecule has 256 valence electrons. The van der Waals surface area contributed by atoms with Gasteiger partial charge in [0.2, 0.25) is 11.6 Å². The minimum absolute atomic E-state index is 0.0799. The van der Waals surface area contributed by atoms with E-state index in [1.807, 2.05) is 0 Å². The van der Waals surface area contributed by atoms with Crippen molar-refractivity contribution in [3.8, 4) is 5.75 Å². The Hall–Kier alpha value is -6.22. The molecule has 0 amide bonds. The minimum atomic E-state index is -2.95. The predicted octanol–water partition coefficient (Wildman–Crippen LogP) is 8.74. The molecule has 0 atom stereocenters. The summed E-state index contributed by atoms with van der Waals surface area (Å²) in [4.78, 5) is 0. The number of rotatable bonds is 8. The maximum atomic E-state index is 12.6. The van der Waals surface area contributed by atoms with Gasteiger partial charge in [0, 0.05) is 6.07 Å². The maximum Gasteiger partial charge on any atom is 0.201 e. The van der Waals surface area contributed by atoms with Crippen molar-refractivity contribution < 1.29 is 32.3 Å². The zero-order valence-electron chi connectivity index (χ0n) is 27.7. The molecule has 0 saturated carbocycles. The first-order valence-electron chi connectivity index (χ1n) is 16.2. The van der Waals surface area contributed by atoms with Crippen LogP contribution in [0.25, 0.3) is 0 Å². The number of hydrogen-bond acceptors (Lipinski definition) is 3. The van der Waals surface area contributed by atoms with Crippen LogP contribution >= 0.6 is 0 Å². The summed E-state index contributed by atoms with van der Waals surface area (Å²) in [7, 11) is -2.95. The van der Waals surface area contributed by atoms with Gasteiger partial charge in [0.15, 0.2) is 11.6 Å². The van der Waals surface area contributed by atoms with E-state index >= 15 is 0 Å². The van der Waals surface area contributed by atoms with Crippen molar-refractivity contribution in [3.05, 3.63) is 257 Å². The average Bonchev–Trinajstić information content (AvgIpc) is 3.19. The van der Waals surface area contributed by atoms with Crippen molar-refractivity contribution in [3.63, 3.8) is 0 Å². The number of benzene rings is 7. The third-order valence-electron chi connectivity index (χ3n) is 7.67. The van der Waals surface area contributed by atoms with Crippen LogP contribution in [0.3, 0.4) is 0 Å². The predicted molar refractivity (Wildman–Crippen MR) is 192 cm³/mol. The van der Waals surface area contributed by atoms with Gasteiger partial charge in [-0.25, -0.2) is 13.2 Å². The summed E-state index contributed by atoms with van der Waals surface area (Å²) in [6.45, 7) is 0. The normalized spacial score (nSPS) is 10.1. The van der Waals surface area contributed by atoms with Crippen LogP contribution in [0.1, 0.15) is 33.4 Å². The molecule has 7 aromatic carbocycles. The molecule has 0 spiro atoms. The topological polar surface area (TPSA) is 55.3 Å². The number of halogens is 4. The second kappa shape index (κ2) is 18.7. The molecule has 0 heterocycles. The van der Waals surface area contributed by atoms with E-state index in [1.165, 1.54) is 45.2 Å². The van der Waals surface area contributed by atoms with Gasteiger partial charge in [-0.3, -0.25) is 0 Å². The van der Waals surface area contributed by atoms with Gasteiger partial charge in [0.05, 0.1) is 45.2 Å². The molecule has 0 radical (unpaired) electrons. The van der Waals surface area contributed by atoms with Crippen molar-refractivity contribution >= 4 is 7.32 Å². The molecule has 7 rings (SSSR count). The Kier molecular flexibility index (Phi) is 13.3. The quantitative estimate of drug-likeness (QED) is 0.0400. The molecule has 7 aromatic rings. The highest BCUT2D eigenvalue weighted by molar-refractivity contribution is 6.29. The van der Waals surface area contributed by atoms with Gasteiger partial charge in [0.1, 0.15) is 13.1 Å². The highest BCUT2D eigenvalue weighted by Gasteiger charge is 2.23. The summed E-state index contributed by atoms with van der Waals surface area (Å²) in [6, 6.07) is 63.4. The fourth-order valence-electron chi connectivity index (χ4n) is 5.37. The van der Waals surface area contributed by atoms with Crippen LogP contribution in [-0.4, -0.2) is 7.32 Å². The molecule has 0 saturated heterocycles. The minimum Gasteiger partial charge on any atom is -0.860 e. The monoisotopic (exact) mass is 694 g/mol. The third-order valence-corrected chi connectivity index (χ3v) is 7.67. The summed E-state index contributed by atoms with van der Waals surface area (Å²) in [5.41, 5.74) is 7.50. The van der Waals surface area contributed by atoms with Gasteiger partial charge in [-0.2, -0.15) is 4.39 Å². The lowest BCUT2D eigenvalue weighted by Gasteiger charge is -2.26. The average molecular weight is 695 g/mol. The molecule has 8 heteroatoms. The highest BCUT2D eigenvalue weighted by atomic mass is 19.2. The zero-order valence-corrected chi connectivity index (χ0v) is 27.7. The third kappa shape index (κ3) is 9.94. The zero-order chi connectivity index (χ0) is 36.7. The van der Waals surface area contributed by atoms with Crippen molar-refractivity contribution in [1.29, 1.82) is 0 Å². The van der Waals surface area contributed by atoms with E-state index in [1.54, 1.807) is 0 Å². The SMILES string of the molecule is [O-]B([O-])Oc1cc(F)c(F)c(F)c1F.c1ccc([C+](c2ccccc2)c2ccccc2)cc1.c1ccc([C+](c2ccccc2)c2ccccc2)cc1. The van der Waals surface area contributed by atoms with Crippen LogP contribution in [0.4, 0.5) is 17.6 Å². The summed E-state index contributed by atoms with van der Waals surface area (Å²) in [5.74, 6) is -6.54. The lowest BCUT2D eigenvalue weighted by atomic mass is 9.85. The van der Waals surface area contributed by atoms with E-state index in [0.717, 1.165) is 0 Å². The second-order valence-electron chi connectivity index (χ2n) is 11.2. The smallest absolute Gasteiger partial charge is 0.201 e. The Morgan fingerprint density at radius 1 is 0.365 bits per heavy atom. The molecule has 0 aliphatic rings. The maximum absolute atomic E-state index is 12.6. The van der Waals surface area contributed by atoms with Gasteiger partial charge >= 0.3 is 0 Å². The Balaban J connectivity index is 0.000000153. The van der Waals surface area contributed by atoms with E-state index in [0.29, 0.717) is 0 Å². The molecular formula is C44H31BF4O3. The first-order valence-corrected chi connectivity index (χ1v) is 16.2. The summed E-state index contributed by atoms with van der Waals surface area (Å²) in [5, 5.41) is 19.7. The molecule has 0 aliphatic carbocycles. The molecular weight excluding hydrogens is 663 g/mol. The molecule has 3 nitrogen and oxygen atoms in total. The van der Waals surface area contributed by atoms with Gasteiger partial charge < -0.3 is 14.7 Å². The first-order chi connectivity index (χ1) is 25.3. The van der Waals surface area contributed by atoms with Crippen LogP contribution in [0.15, 0.2) is 188 Å². The summed E-state index contributed by atoms with van der Waals surface area (Å²) < 4.78 is 53.4. The standard InChI is InChI=1S/2C19H15.C6HBF4O3/c2*1-4-10-16(11-5-1)19(17-12-6-2-7-13-17)18-14-8-3-9-15-18;8-2-1-3(14-7(12)13)5(10)6(11)4(2)9/h2*1-15H;1H/q2*+1;-2. The lowest BCUT2D eigenvalue weighted by molar-refractivity contribution is -0.372. The van der Waals surface area contributed by atoms with Crippen LogP contribution < -0.4 is 14.7 Å². The van der Waals surface area contributed by atoms with Crippen molar-refractivity contribution in [2.45, 2.75) is 0 Å². The van der Waals surface area contributed by atoms with E-state index in [9.17, 15) is 27.6 Å². The number of hydrogen-bond donors (Lipinski definition) is 0.